The van der Waals surface area contributed by atoms with Crippen molar-refractivity contribution in [2.45, 2.75) is 13.1 Å². The highest BCUT2D eigenvalue weighted by Gasteiger charge is 2.13. The number of rotatable bonds is 4. The number of hydrogen-bond donors (Lipinski definition) is 0. The lowest BCUT2D eigenvalue weighted by Gasteiger charge is -2.14. The first-order chi connectivity index (χ1) is 13.5. The Morgan fingerprint density at radius 3 is 2.00 bits per heavy atom. The fraction of sp³-hybridized carbons (Fsp3) is 0.0909. The predicted octanol–water partition coefficient (Wildman–Crippen LogP) is 4.52. The van der Waals surface area contributed by atoms with Crippen LogP contribution in [0.3, 0.4) is 0 Å². The van der Waals surface area contributed by atoms with E-state index in [4.69, 9.17) is 11.6 Å². The first-order valence-corrected chi connectivity index (χ1v) is 10.2. The normalized spacial score (nSPS) is 11.1. The number of fused-ring (bicyclic) bond motifs is 1. The minimum atomic E-state index is -0.322. The van der Waals surface area contributed by atoms with Crippen LogP contribution < -0.4 is 11.2 Å². The molecule has 4 rings (SSSR count). The fourth-order valence-corrected chi connectivity index (χ4v) is 3.69. The van der Waals surface area contributed by atoms with E-state index in [0.717, 1.165) is 14.7 Å². The molecule has 0 saturated heterocycles. The van der Waals surface area contributed by atoms with Crippen LogP contribution in [-0.4, -0.2) is 9.13 Å². The molecule has 0 aliphatic heterocycles. The van der Waals surface area contributed by atoms with Gasteiger partial charge in [-0.05, 0) is 70.1 Å². The monoisotopic (exact) mass is 502 g/mol. The SMILES string of the molecule is O=c1c2ccccc2n(Cc2ccc(Cl)cc2)c(=O)n1Cc1ccc(I)cc1. The topological polar surface area (TPSA) is 44.0 Å². The lowest BCUT2D eigenvalue weighted by Crippen LogP contribution is -2.40. The molecule has 6 heteroatoms. The van der Waals surface area contributed by atoms with Gasteiger partial charge in [0.2, 0.25) is 0 Å². The third-order valence-electron chi connectivity index (χ3n) is 4.64. The van der Waals surface area contributed by atoms with E-state index in [-0.39, 0.29) is 17.8 Å². The van der Waals surface area contributed by atoms with Gasteiger partial charge in [0.05, 0.1) is 24.0 Å². The van der Waals surface area contributed by atoms with Crippen molar-refractivity contribution in [1.82, 2.24) is 9.13 Å². The molecule has 1 heterocycles. The van der Waals surface area contributed by atoms with Crippen LogP contribution in [0.4, 0.5) is 0 Å². The Balaban J connectivity index is 1.88. The summed E-state index contributed by atoms with van der Waals surface area (Å²) >= 11 is 8.20. The van der Waals surface area contributed by atoms with Gasteiger partial charge in [0.1, 0.15) is 0 Å². The Labute approximate surface area is 180 Å². The molecule has 4 nitrogen and oxygen atoms in total. The molecule has 0 spiro atoms. The maximum absolute atomic E-state index is 13.2. The molecule has 140 valence electrons. The summed E-state index contributed by atoms with van der Waals surface area (Å²) in [6.45, 7) is 0.601. The highest BCUT2D eigenvalue weighted by molar-refractivity contribution is 14.1. The zero-order valence-corrected chi connectivity index (χ0v) is 17.7. The van der Waals surface area contributed by atoms with Gasteiger partial charge in [0.15, 0.2) is 0 Å². The molecule has 0 N–H and O–H groups in total. The summed E-state index contributed by atoms with van der Waals surface area (Å²) in [7, 11) is 0. The van der Waals surface area contributed by atoms with Crippen LogP contribution in [0.2, 0.25) is 5.02 Å². The van der Waals surface area contributed by atoms with Crippen LogP contribution in [0.5, 0.6) is 0 Å². The zero-order chi connectivity index (χ0) is 19.7. The van der Waals surface area contributed by atoms with Gasteiger partial charge >= 0.3 is 5.69 Å². The smallest absolute Gasteiger partial charge is 0.289 e. The van der Waals surface area contributed by atoms with Crippen molar-refractivity contribution in [2.24, 2.45) is 0 Å². The van der Waals surface area contributed by atoms with Gasteiger partial charge in [0, 0.05) is 8.59 Å². The van der Waals surface area contributed by atoms with E-state index in [2.05, 4.69) is 22.6 Å². The van der Waals surface area contributed by atoms with Crippen molar-refractivity contribution in [3.8, 4) is 0 Å². The molecule has 0 aliphatic carbocycles. The molecule has 0 fully saturated rings. The Kier molecular flexibility index (Phi) is 5.37. The fourth-order valence-electron chi connectivity index (χ4n) is 3.21. The third kappa shape index (κ3) is 3.77. The third-order valence-corrected chi connectivity index (χ3v) is 5.61. The minimum absolute atomic E-state index is 0.236. The number of nitrogens with zero attached hydrogens (tertiary/aromatic N) is 2. The second kappa shape index (κ2) is 7.93. The van der Waals surface area contributed by atoms with Crippen LogP contribution in [0.25, 0.3) is 10.9 Å². The summed E-state index contributed by atoms with van der Waals surface area (Å²) in [5.74, 6) is 0. The Hall–Kier alpha value is -2.38. The number of aromatic nitrogens is 2. The van der Waals surface area contributed by atoms with Crippen molar-refractivity contribution in [3.63, 3.8) is 0 Å². The number of halogens is 2. The number of benzene rings is 3. The van der Waals surface area contributed by atoms with E-state index >= 15 is 0 Å². The highest BCUT2D eigenvalue weighted by atomic mass is 127. The van der Waals surface area contributed by atoms with E-state index in [1.165, 1.54) is 4.57 Å². The van der Waals surface area contributed by atoms with Crippen molar-refractivity contribution >= 4 is 45.1 Å². The lowest BCUT2D eigenvalue weighted by molar-refractivity contribution is 0.635. The van der Waals surface area contributed by atoms with Gasteiger partial charge in [-0.1, -0.05) is 48.0 Å². The van der Waals surface area contributed by atoms with Gasteiger partial charge in [-0.25, -0.2) is 4.79 Å². The minimum Gasteiger partial charge on any atom is -0.289 e. The summed E-state index contributed by atoms with van der Waals surface area (Å²) in [4.78, 5) is 26.2. The molecule has 28 heavy (non-hydrogen) atoms. The molecule has 0 unspecified atom stereocenters. The summed E-state index contributed by atoms with van der Waals surface area (Å²) in [6, 6.07) is 22.4. The lowest BCUT2D eigenvalue weighted by atomic mass is 10.2. The first-order valence-electron chi connectivity index (χ1n) is 8.74. The molecule has 0 atom stereocenters. The summed E-state index contributed by atoms with van der Waals surface area (Å²) < 4.78 is 4.06. The summed E-state index contributed by atoms with van der Waals surface area (Å²) in [6.07, 6.45) is 0. The molecule has 0 amide bonds. The Bertz CT molecular complexity index is 1260. The standard InChI is InChI=1S/C22H16ClIN2O2/c23-17-9-5-15(6-10-17)13-25-20-4-2-1-3-19(20)21(27)26(22(25)28)14-16-7-11-18(24)12-8-16/h1-12H,13-14H2. The van der Waals surface area contributed by atoms with Crippen LogP contribution in [-0.2, 0) is 13.1 Å². The molecule has 3 aromatic carbocycles. The molecule has 1 aromatic heterocycles. The maximum atomic E-state index is 13.2. The average Bonchev–Trinajstić information content (AvgIpc) is 2.71. The first kappa shape index (κ1) is 19.0. The van der Waals surface area contributed by atoms with Gasteiger partial charge < -0.3 is 0 Å². The van der Waals surface area contributed by atoms with Gasteiger partial charge in [-0.15, -0.1) is 0 Å². The molecule has 4 aromatic rings. The van der Waals surface area contributed by atoms with E-state index < -0.39 is 0 Å². The van der Waals surface area contributed by atoms with E-state index in [0.29, 0.717) is 22.5 Å². The number of para-hydroxylation sites is 1. The van der Waals surface area contributed by atoms with E-state index in [1.807, 2.05) is 54.6 Å². The van der Waals surface area contributed by atoms with E-state index in [1.54, 1.807) is 22.8 Å². The highest BCUT2D eigenvalue weighted by Crippen LogP contribution is 2.14. The van der Waals surface area contributed by atoms with E-state index in [9.17, 15) is 9.59 Å². The molecule has 0 aliphatic rings. The van der Waals surface area contributed by atoms with Crippen molar-refractivity contribution < 1.29 is 0 Å². The van der Waals surface area contributed by atoms with Crippen molar-refractivity contribution in [2.75, 3.05) is 0 Å². The zero-order valence-electron chi connectivity index (χ0n) is 14.8. The van der Waals surface area contributed by atoms with Crippen LogP contribution >= 0.6 is 34.2 Å². The van der Waals surface area contributed by atoms with Crippen LogP contribution in [0.1, 0.15) is 11.1 Å². The summed E-state index contributed by atoms with van der Waals surface area (Å²) in [5, 5.41) is 1.17. The molecular weight excluding hydrogens is 487 g/mol. The van der Waals surface area contributed by atoms with Gasteiger partial charge in [-0.3, -0.25) is 13.9 Å². The maximum Gasteiger partial charge on any atom is 0.332 e. The van der Waals surface area contributed by atoms with Crippen molar-refractivity contribution in [1.29, 1.82) is 0 Å². The molecule has 0 bridgehead atoms. The number of hydrogen-bond acceptors (Lipinski definition) is 2. The van der Waals surface area contributed by atoms with Crippen LogP contribution in [0.15, 0.2) is 82.4 Å². The average molecular weight is 503 g/mol. The largest absolute Gasteiger partial charge is 0.332 e. The molecule has 0 saturated carbocycles. The summed E-state index contributed by atoms with van der Waals surface area (Å²) in [5.41, 5.74) is 1.89. The van der Waals surface area contributed by atoms with Crippen LogP contribution in [0, 0.1) is 3.57 Å². The Morgan fingerprint density at radius 2 is 1.32 bits per heavy atom. The van der Waals surface area contributed by atoms with Gasteiger partial charge in [0.25, 0.3) is 5.56 Å². The predicted molar refractivity (Wildman–Crippen MR) is 121 cm³/mol. The second-order valence-corrected chi connectivity index (χ2v) is 8.21. The molecule has 0 radical (unpaired) electrons. The second-order valence-electron chi connectivity index (χ2n) is 6.53. The quantitative estimate of drug-likeness (QED) is 0.385. The van der Waals surface area contributed by atoms with Crippen molar-refractivity contribution in [3.05, 3.63) is 113 Å². The molecular formula is C22H16ClIN2O2. The Morgan fingerprint density at radius 1 is 0.750 bits per heavy atom. The van der Waals surface area contributed by atoms with Gasteiger partial charge in [-0.2, -0.15) is 0 Å².